The van der Waals surface area contributed by atoms with E-state index in [2.05, 4.69) is 9.97 Å². The average Bonchev–Trinajstić information content (AvgIpc) is 2.39. The highest BCUT2D eigenvalue weighted by Crippen LogP contribution is 2.16. The third kappa shape index (κ3) is 2.56. The molecule has 2 heterocycles. The zero-order valence-corrected chi connectivity index (χ0v) is 9.97. The predicted octanol–water partition coefficient (Wildman–Crippen LogP) is 3.04. The summed E-state index contributed by atoms with van der Waals surface area (Å²) in [5.41, 5.74) is 3.44. The van der Waals surface area contributed by atoms with E-state index in [1.807, 2.05) is 38.1 Å². The molecule has 17 heavy (non-hydrogen) atoms. The number of aromatic nitrogens is 2. The molecule has 0 bridgehead atoms. The Morgan fingerprint density at radius 1 is 1.12 bits per heavy atom. The second kappa shape index (κ2) is 4.87. The van der Waals surface area contributed by atoms with Gasteiger partial charge in [-0.25, -0.2) is 0 Å². The second-order valence-corrected chi connectivity index (χ2v) is 3.90. The van der Waals surface area contributed by atoms with Crippen molar-refractivity contribution in [3.05, 3.63) is 47.9 Å². The highest BCUT2D eigenvalue weighted by Gasteiger charge is 2.04. The Balaban J connectivity index is 2.29. The largest absolute Gasteiger partial charge is 0.294 e. The molecule has 2 aromatic heterocycles. The third-order valence-corrected chi connectivity index (χ3v) is 2.61. The molecule has 3 nitrogen and oxygen atoms in total. The molecule has 0 amide bonds. The monoisotopic (exact) mass is 226 g/mol. The molecule has 86 valence electrons. The minimum atomic E-state index is 0.117. The number of carbonyl (C=O) groups excluding carboxylic acids is 1. The zero-order valence-electron chi connectivity index (χ0n) is 9.97. The van der Waals surface area contributed by atoms with E-state index in [0.717, 1.165) is 17.0 Å². The van der Waals surface area contributed by atoms with Crippen LogP contribution in [-0.2, 0) is 0 Å². The van der Waals surface area contributed by atoms with Crippen LogP contribution in [0.3, 0.4) is 0 Å². The normalized spacial score (nSPS) is 10.2. The Bertz CT molecular complexity index is 515. The molecule has 0 radical (unpaired) electrons. The molecule has 3 heteroatoms. The summed E-state index contributed by atoms with van der Waals surface area (Å²) in [7, 11) is 0. The molecule has 0 unspecified atom stereocenters. The summed E-state index contributed by atoms with van der Waals surface area (Å²) in [5.74, 6) is 0.117. The van der Waals surface area contributed by atoms with E-state index in [-0.39, 0.29) is 5.78 Å². The lowest BCUT2D eigenvalue weighted by Crippen LogP contribution is -1.97. The van der Waals surface area contributed by atoms with Crippen LogP contribution in [0.1, 0.15) is 29.4 Å². The van der Waals surface area contributed by atoms with Gasteiger partial charge >= 0.3 is 0 Å². The lowest BCUT2D eigenvalue weighted by atomic mass is 10.1. The Morgan fingerprint density at radius 2 is 1.94 bits per heavy atom. The SMILES string of the molecule is CCC(=O)c1ccc(-c2ccc(C)nc2)nc1. The summed E-state index contributed by atoms with van der Waals surface area (Å²) < 4.78 is 0. The summed E-state index contributed by atoms with van der Waals surface area (Å²) in [5, 5.41) is 0. The average molecular weight is 226 g/mol. The van der Waals surface area contributed by atoms with Gasteiger partial charge in [0.05, 0.1) is 5.69 Å². The number of nitrogens with zero attached hydrogens (tertiary/aromatic N) is 2. The van der Waals surface area contributed by atoms with Gasteiger partial charge in [0.1, 0.15) is 0 Å². The fraction of sp³-hybridized carbons (Fsp3) is 0.214. The van der Waals surface area contributed by atoms with Crippen LogP contribution in [0.15, 0.2) is 36.7 Å². The highest BCUT2D eigenvalue weighted by molar-refractivity contribution is 5.95. The van der Waals surface area contributed by atoms with Gasteiger partial charge in [0.25, 0.3) is 0 Å². The van der Waals surface area contributed by atoms with Crippen LogP contribution in [0.25, 0.3) is 11.3 Å². The fourth-order valence-electron chi connectivity index (χ4n) is 1.55. The molecule has 2 aromatic rings. The first-order valence-electron chi connectivity index (χ1n) is 5.63. The van der Waals surface area contributed by atoms with Crippen LogP contribution in [0.4, 0.5) is 0 Å². The predicted molar refractivity (Wildman–Crippen MR) is 66.8 cm³/mol. The smallest absolute Gasteiger partial charge is 0.164 e. The topological polar surface area (TPSA) is 42.9 Å². The first-order chi connectivity index (χ1) is 8.20. The van der Waals surface area contributed by atoms with Gasteiger partial charge in [-0.3, -0.25) is 14.8 Å². The Hall–Kier alpha value is -2.03. The Kier molecular flexibility index (Phi) is 3.28. The van der Waals surface area contributed by atoms with E-state index in [9.17, 15) is 4.79 Å². The number of Topliss-reactive ketones (excluding diaryl/α,β-unsaturated/α-hetero) is 1. The number of aryl methyl sites for hydroxylation is 1. The van der Waals surface area contributed by atoms with Gasteiger partial charge < -0.3 is 0 Å². The molecule has 0 aliphatic carbocycles. The first kappa shape index (κ1) is 11.5. The summed E-state index contributed by atoms with van der Waals surface area (Å²) >= 11 is 0. The van der Waals surface area contributed by atoms with Gasteiger partial charge in [0.15, 0.2) is 5.78 Å². The van der Waals surface area contributed by atoms with E-state index >= 15 is 0 Å². The molecule has 0 aliphatic heterocycles. The van der Waals surface area contributed by atoms with E-state index in [1.165, 1.54) is 0 Å². The molecular formula is C14H14N2O. The van der Waals surface area contributed by atoms with Crippen LogP contribution in [-0.4, -0.2) is 15.8 Å². The summed E-state index contributed by atoms with van der Waals surface area (Å²) in [6.45, 7) is 3.79. The number of ketones is 1. The maximum Gasteiger partial charge on any atom is 0.164 e. The number of hydrogen-bond acceptors (Lipinski definition) is 3. The summed E-state index contributed by atoms with van der Waals surface area (Å²) in [4.78, 5) is 20.0. The van der Waals surface area contributed by atoms with Crippen molar-refractivity contribution in [3.8, 4) is 11.3 Å². The number of carbonyl (C=O) groups is 1. The molecule has 0 aromatic carbocycles. The van der Waals surface area contributed by atoms with E-state index < -0.39 is 0 Å². The van der Waals surface area contributed by atoms with E-state index in [0.29, 0.717) is 12.0 Å². The number of pyridine rings is 2. The lowest BCUT2D eigenvalue weighted by molar-refractivity contribution is 0.0988. The molecule has 0 fully saturated rings. The van der Waals surface area contributed by atoms with Gasteiger partial charge in [0, 0.05) is 35.6 Å². The van der Waals surface area contributed by atoms with Crippen molar-refractivity contribution in [2.75, 3.05) is 0 Å². The van der Waals surface area contributed by atoms with Gasteiger partial charge in [-0.2, -0.15) is 0 Å². The first-order valence-corrected chi connectivity index (χ1v) is 5.63. The molecule has 0 aliphatic rings. The number of hydrogen-bond donors (Lipinski definition) is 0. The van der Waals surface area contributed by atoms with Crippen LogP contribution >= 0.6 is 0 Å². The minimum absolute atomic E-state index is 0.117. The standard InChI is InChI=1S/C14H14N2O/c1-3-14(17)12-6-7-13(16-9-12)11-5-4-10(2)15-8-11/h4-9H,3H2,1-2H3. The van der Waals surface area contributed by atoms with Gasteiger partial charge in [-0.15, -0.1) is 0 Å². The van der Waals surface area contributed by atoms with Crippen molar-refractivity contribution >= 4 is 5.78 Å². The van der Waals surface area contributed by atoms with Gasteiger partial charge in [0.2, 0.25) is 0 Å². The Morgan fingerprint density at radius 3 is 2.47 bits per heavy atom. The van der Waals surface area contributed by atoms with Gasteiger partial charge in [-0.05, 0) is 31.2 Å². The molecule has 0 spiro atoms. The highest BCUT2D eigenvalue weighted by atomic mass is 16.1. The van der Waals surface area contributed by atoms with Gasteiger partial charge in [-0.1, -0.05) is 6.92 Å². The minimum Gasteiger partial charge on any atom is -0.294 e. The van der Waals surface area contributed by atoms with Crippen molar-refractivity contribution in [2.45, 2.75) is 20.3 Å². The van der Waals surface area contributed by atoms with E-state index in [4.69, 9.17) is 0 Å². The molecule has 0 saturated carbocycles. The van der Waals surface area contributed by atoms with Crippen LogP contribution in [0, 0.1) is 6.92 Å². The molecule has 0 atom stereocenters. The molecular weight excluding hydrogens is 212 g/mol. The van der Waals surface area contributed by atoms with Crippen LogP contribution in [0.5, 0.6) is 0 Å². The third-order valence-electron chi connectivity index (χ3n) is 2.61. The lowest BCUT2D eigenvalue weighted by Gasteiger charge is -2.02. The maximum absolute atomic E-state index is 11.5. The van der Waals surface area contributed by atoms with Crippen LogP contribution in [0.2, 0.25) is 0 Å². The Labute approximate surface area is 101 Å². The van der Waals surface area contributed by atoms with Crippen molar-refractivity contribution in [2.24, 2.45) is 0 Å². The van der Waals surface area contributed by atoms with Crippen molar-refractivity contribution in [3.63, 3.8) is 0 Å². The molecule has 2 rings (SSSR count). The quantitative estimate of drug-likeness (QED) is 0.755. The maximum atomic E-state index is 11.5. The number of rotatable bonds is 3. The second-order valence-electron chi connectivity index (χ2n) is 3.90. The van der Waals surface area contributed by atoms with Crippen molar-refractivity contribution < 1.29 is 4.79 Å². The van der Waals surface area contributed by atoms with Crippen LogP contribution < -0.4 is 0 Å². The molecule has 0 N–H and O–H groups in total. The van der Waals surface area contributed by atoms with Crippen molar-refractivity contribution in [1.82, 2.24) is 9.97 Å². The zero-order chi connectivity index (χ0) is 12.3. The fourth-order valence-corrected chi connectivity index (χ4v) is 1.55. The summed E-state index contributed by atoms with van der Waals surface area (Å²) in [6, 6.07) is 7.59. The van der Waals surface area contributed by atoms with Crippen molar-refractivity contribution in [1.29, 1.82) is 0 Å². The summed E-state index contributed by atoms with van der Waals surface area (Å²) in [6.07, 6.45) is 3.92. The van der Waals surface area contributed by atoms with E-state index in [1.54, 1.807) is 12.4 Å². The molecule has 0 saturated heterocycles.